The molecule has 17 heavy (non-hydrogen) atoms. The van der Waals surface area contributed by atoms with Crippen molar-refractivity contribution in [2.24, 2.45) is 0 Å². The van der Waals surface area contributed by atoms with E-state index in [-0.39, 0.29) is 17.7 Å². The maximum absolute atomic E-state index is 10.6. The number of carboxylic acids is 1. The molecule has 0 heterocycles. The molecule has 0 amide bonds. The predicted octanol–water partition coefficient (Wildman–Crippen LogP) is 1.57. The molecular formula is C11H11NO5. The van der Waals surface area contributed by atoms with E-state index in [4.69, 9.17) is 10.2 Å². The molecule has 1 rings (SSSR count). The van der Waals surface area contributed by atoms with Gasteiger partial charge in [-0.15, -0.1) is 0 Å². The summed E-state index contributed by atoms with van der Waals surface area (Å²) in [5.74, 6) is -0.953. The van der Waals surface area contributed by atoms with Crippen molar-refractivity contribution in [3.05, 3.63) is 45.5 Å². The Morgan fingerprint density at radius 3 is 2.71 bits per heavy atom. The topological polar surface area (TPSA) is 101 Å². The Labute approximate surface area is 97.0 Å². The summed E-state index contributed by atoms with van der Waals surface area (Å²) >= 11 is 0. The van der Waals surface area contributed by atoms with E-state index < -0.39 is 17.5 Å². The number of aliphatic hydroxyl groups is 1. The average Bonchev–Trinajstić information content (AvgIpc) is 2.28. The number of nitro groups is 1. The third-order valence-corrected chi connectivity index (χ3v) is 2.07. The smallest absolute Gasteiger partial charge is 0.307 e. The van der Waals surface area contributed by atoms with Crippen LogP contribution in [0.1, 0.15) is 17.5 Å². The van der Waals surface area contributed by atoms with Crippen LogP contribution in [-0.4, -0.2) is 21.1 Å². The molecule has 2 N–H and O–H groups in total. The highest BCUT2D eigenvalue weighted by atomic mass is 16.6. The summed E-state index contributed by atoms with van der Waals surface area (Å²) < 4.78 is 0. The summed E-state index contributed by atoms with van der Waals surface area (Å²) in [5.41, 5.74) is 0.663. The summed E-state index contributed by atoms with van der Waals surface area (Å²) in [5, 5.41) is 28.0. The number of nitrogens with zero attached hydrogens (tertiary/aromatic N) is 1. The van der Waals surface area contributed by atoms with Crippen molar-refractivity contribution >= 4 is 17.7 Å². The molecular weight excluding hydrogens is 226 g/mol. The van der Waals surface area contributed by atoms with Gasteiger partial charge in [0.05, 0.1) is 23.5 Å². The summed E-state index contributed by atoms with van der Waals surface area (Å²) in [4.78, 5) is 20.3. The Kier molecular flexibility index (Phi) is 4.36. The molecule has 90 valence electrons. The van der Waals surface area contributed by atoms with Crippen LogP contribution in [0.3, 0.4) is 0 Å². The standard InChI is InChI=1S/C11H11NO5/c13-7-9-6-8(2-1-3-11(14)15)4-5-10(9)12(16)17/h1-2,4-6,13H,3,7H2,(H,14,15). The molecule has 0 fully saturated rings. The molecule has 0 aliphatic heterocycles. The van der Waals surface area contributed by atoms with Crippen LogP contribution in [0.4, 0.5) is 5.69 Å². The second-order valence-electron chi connectivity index (χ2n) is 3.30. The van der Waals surface area contributed by atoms with Crippen molar-refractivity contribution in [1.82, 2.24) is 0 Å². The maximum atomic E-state index is 10.6. The quantitative estimate of drug-likeness (QED) is 0.598. The van der Waals surface area contributed by atoms with E-state index >= 15 is 0 Å². The molecule has 0 aliphatic carbocycles. The second-order valence-corrected chi connectivity index (χ2v) is 3.30. The van der Waals surface area contributed by atoms with Crippen molar-refractivity contribution in [1.29, 1.82) is 0 Å². The first-order valence-corrected chi connectivity index (χ1v) is 4.81. The second kappa shape index (κ2) is 5.76. The van der Waals surface area contributed by atoms with Gasteiger partial charge < -0.3 is 10.2 Å². The van der Waals surface area contributed by atoms with E-state index in [1.807, 2.05) is 0 Å². The zero-order chi connectivity index (χ0) is 12.8. The number of aliphatic carboxylic acids is 1. The van der Waals surface area contributed by atoms with Gasteiger partial charge in [-0.2, -0.15) is 0 Å². The van der Waals surface area contributed by atoms with E-state index in [0.29, 0.717) is 5.56 Å². The van der Waals surface area contributed by atoms with E-state index in [1.165, 1.54) is 30.4 Å². The van der Waals surface area contributed by atoms with Crippen molar-refractivity contribution in [2.75, 3.05) is 0 Å². The molecule has 0 aliphatic rings. The first-order chi connectivity index (χ1) is 8.04. The third-order valence-electron chi connectivity index (χ3n) is 2.07. The van der Waals surface area contributed by atoms with Gasteiger partial charge in [-0.3, -0.25) is 14.9 Å². The Morgan fingerprint density at radius 2 is 2.18 bits per heavy atom. The normalized spacial score (nSPS) is 10.6. The first kappa shape index (κ1) is 12.9. The molecule has 0 atom stereocenters. The lowest BCUT2D eigenvalue weighted by Crippen LogP contribution is -1.95. The van der Waals surface area contributed by atoms with Crippen LogP contribution < -0.4 is 0 Å². The van der Waals surface area contributed by atoms with Gasteiger partial charge in [0.1, 0.15) is 0 Å². The summed E-state index contributed by atoms with van der Waals surface area (Å²) in [6, 6.07) is 4.23. The molecule has 6 nitrogen and oxygen atoms in total. The predicted molar refractivity (Wildman–Crippen MR) is 60.3 cm³/mol. The number of benzene rings is 1. The van der Waals surface area contributed by atoms with Gasteiger partial charge in [-0.1, -0.05) is 12.2 Å². The van der Waals surface area contributed by atoms with Gasteiger partial charge in [0.25, 0.3) is 5.69 Å². The van der Waals surface area contributed by atoms with Crippen LogP contribution in [0.2, 0.25) is 0 Å². The number of aliphatic hydroxyl groups excluding tert-OH is 1. The monoisotopic (exact) mass is 237 g/mol. The zero-order valence-corrected chi connectivity index (χ0v) is 8.87. The van der Waals surface area contributed by atoms with Crippen molar-refractivity contribution in [3.8, 4) is 0 Å². The SMILES string of the molecule is O=C(O)CC=Cc1ccc([N+](=O)[O-])c(CO)c1. The molecule has 6 heteroatoms. The van der Waals surface area contributed by atoms with Gasteiger partial charge in [-0.05, 0) is 17.7 Å². The Bertz CT molecular complexity index is 467. The molecule has 0 radical (unpaired) electrons. The Hall–Kier alpha value is -2.21. The van der Waals surface area contributed by atoms with Gasteiger partial charge >= 0.3 is 5.97 Å². The minimum absolute atomic E-state index is 0.120. The van der Waals surface area contributed by atoms with Crippen LogP contribution >= 0.6 is 0 Å². The molecule has 0 saturated carbocycles. The van der Waals surface area contributed by atoms with E-state index in [9.17, 15) is 14.9 Å². The Morgan fingerprint density at radius 1 is 1.47 bits per heavy atom. The van der Waals surface area contributed by atoms with E-state index in [1.54, 1.807) is 0 Å². The Balaban J connectivity index is 2.93. The lowest BCUT2D eigenvalue weighted by Gasteiger charge is -2.00. The van der Waals surface area contributed by atoms with Gasteiger partial charge in [0.2, 0.25) is 0 Å². The lowest BCUT2D eigenvalue weighted by atomic mass is 10.1. The van der Waals surface area contributed by atoms with Crippen LogP contribution in [0.15, 0.2) is 24.3 Å². The fourth-order valence-electron chi connectivity index (χ4n) is 1.31. The van der Waals surface area contributed by atoms with E-state index in [2.05, 4.69) is 0 Å². The molecule has 0 saturated heterocycles. The van der Waals surface area contributed by atoms with Crippen LogP contribution in [0.5, 0.6) is 0 Å². The minimum atomic E-state index is -0.953. The molecule has 0 aromatic heterocycles. The van der Waals surface area contributed by atoms with Gasteiger partial charge in [0.15, 0.2) is 0 Å². The summed E-state index contributed by atoms with van der Waals surface area (Å²) in [6.07, 6.45) is 2.85. The molecule has 0 spiro atoms. The van der Waals surface area contributed by atoms with Crippen LogP contribution in [-0.2, 0) is 11.4 Å². The largest absolute Gasteiger partial charge is 0.481 e. The summed E-state index contributed by atoms with van der Waals surface area (Å²) in [7, 11) is 0. The van der Waals surface area contributed by atoms with Crippen molar-refractivity contribution in [3.63, 3.8) is 0 Å². The molecule has 0 unspecified atom stereocenters. The first-order valence-electron chi connectivity index (χ1n) is 4.81. The number of carbonyl (C=O) groups is 1. The number of rotatable bonds is 5. The number of hydrogen-bond donors (Lipinski definition) is 2. The van der Waals surface area contributed by atoms with Gasteiger partial charge in [-0.25, -0.2) is 0 Å². The van der Waals surface area contributed by atoms with Crippen LogP contribution in [0.25, 0.3) is 6.08 Å². The lowest BCUT2D eigenvalue weighted by molar-refractivity contribution is -0.385. The van der Waals surface area contributed by atoms with Crippen molar-refractivity contribution in [2.45, 2.75) is 13.0 Å². The average molecular weight is 237 g/mol. The molecule has 0 bridgehead atoms. The zero-order valence-electron chi connectivity index (χ0n) is 8.87. The van der Waals surface area contributed by atoms with Gasteiger partial charge in [0, 0.05) is 6.07 Å². The minimum Gasteiger partial charge on any atom is -0.481 e. The van der Waals surface area contributed by atoms with Crippen molar-refractivity contribution < 1.29 is 19.9 Å². The molecule has 1 aromatic rings. The highest BCUT2D eigenvalue weighted by Crippen LogP contribution is 2.20. The summed E-state index contributed by atoms with van der Waals surface area (Å²) in [6.45, 7) is -0.434. The number of nitro benzene ring substituents is 1. The van der Waals surface area contributed by atoms with Crippen LogP contribution in [0, 0.1) is 10.1 Å². The highest BCUT2D eigenvalue weighted by Gasteiger charge is 2.12. The third kappa shape index (κ3) is 3.69. The number of hydrogen-bond acceptors (Lipinski definition) is 4. The fourth-order valence-corrected chi connectivity index (χ4v) is 1.31. The molecule has 1 aromatic carbocycles. The fraction of sp³-hybridized carbons (Fsp3) is 0.182. The maximum Gasteiger partial charge on any atom is 0.307 e. The van der Waals surface area contributed by atoms with E-state index in [0.717, 1.165) is 0 Å². The highest BCUT2D eigenvalue weighted by molar-refractivity contribution is 5.70. The number of carboxylic acid groups (broad SMARTS) is 1.